The van der Waals surface area contributed by atoms with Crippen molar-refractivity contribution >= 4 is 29.3 Å². The topological polar surface area (TPSA) is 81.6 Å². The van der Waals surface area contributed by atoms with E-state index in [9.17, 15) is 4.79 Å². The third-order valence-corrected chi connectivity index (χ3v) is 4.75. The summed E-state index contributed by atoms with van der Waals surface area (Å²) >= 11 is 6.23. The first-order valence-corrected chi connectivity index (χ1v) is 9.53. The van der Waals surface area contributed by atoms with Crippen LogP contribution in [0.25, 0.3) is 0 Å². The molecule has 2 atom stereocenters. The summed E-state index contributed by atoms with van der Waals surface area (Å²) in [6.45, 7) is 6.31. The first-order chi connectivity index (χ1) is 12.5. The molecule has 1 aromatic heterocycles. The van der Waals surface area contributed by atoms with Gasteiger partial charge in [-0.15, -0.1) is 0 Å². The fourth-order valence-corrected chi connectivity index (χ4v) is 3.05. The van der Waals surface area contributed by atoms with Gasteiger partial charge in [0.1, 0.15) is 5.82 Å². The fraction of sp³-hybridized carbons (Fsp3) is 0.611. The van der Waals surface area contributed by atoms with E-state index in [0.717, 1.165) is 31.7 Å². The largest absolute Gasteiger partial charge is 0.356 e. The zero-order valence-corrected chi connectivity index (χ0v) is 16.5. The Morgan fingerprint density at radius 1 is 1.54 bits per heavy atom. The number of carbonyl (C=O) groups is 1. The van der Waals surface area contributed by atoms with Crippen LogP contribution in [0.1, 0.15) is 33.1 Å². The number of carbonyl (C=O) groups excluding carboxylic acids is 1. The van der Waals surface area contributed by atoms with Crippen LogP contribution in [-0.4, -0.2) is 55.6 Å². The molecule has 1 fully saturated rings. The first-order valence-electron chi connectivity index (χ1n) is 9.15. The van der Waals surface area contributed by atoms with E-state index in [0.29, 0.717) is 23.9 Å². The molecular weight excluding hydrogens is 352 g/mol. The van der Waals surface area contributed by atoms with Gasteiger partial charge in [-0.1, -0.05) is 18.5 Å². The lowest BCUT2D eigenvalue weighted by Gasteiger charge is -2.20. The molecule has 144 valence electrons. The molecule has 2 heterocycles. The number of amides is 1. The number of hydrogen-bond acceptors (Lipinski definition) is 4. The molecule has 2 unspecified atom stereocenters. The van der Waals surface area contributed by atoms with Gasteiger partial charge in [0, 0.05) is 51.4 Å². The molecule has 3 N–H and O–H groups in total. The second-order valence-electron chi connectivity index (χ2n) is 6.51. The average molecular weight is 381 g/mol. The highest BCUT2D eigenvalue weighted by Gasteiger charge is 2.25. The number of guanidine groups is 1. The molecule has 0 saturated carbocycles. The Morgan fingerprint density at radius 3 is 3.04 bits per heavy atom. The SMILES string of the molecule is CCC(C)NC(=O)CCNC(=NC)NC1CCN(c2ncccc2Cl)C1. The predicted octanol–water partition coefficient (Wildman–Crippen LogP) is 1.78. The van der Waals surface area contributed by atoms with Crippen LogP contribution in [0.15, 0.2) is 23.3 Å². The highest BCUT2D eigenvalue weighted by Crippen LogP contribution is 2.25. The molecule has 0 bridgehead atoms. The van der Waals surface area contributed by atoms with E-state index < -0.39 is 0 Å². The van der Waals surface area contributed by atoms with Gasteiger partial charge < -0.3 is 20.9 Å². The zero-order valence-electron chi connectivity index (χ0n) is 15.8. The highest BCUT2D eigenvalue weighted by atomic mass is 35.5. The minimum Gasteiger partial charge on any atom is -0.356 e. The number of hydrogen-bond donors (Lipinski definition) is 3. The molecular formula is C18H29ClN6O. The van der Waals surface area contributed by atoms with Crippen molar-refractivity contribution in [3.63, 3.8) is 0 Å². The Hall–Kier alpha value is -2.02. The number of pyridine rings is 1. The van der Waals surface area contributed by atoms with Crippen molar-refractivity contribution < 1.29 is 4.79 Å². The van der Waals surface area contributed by atoms with E-state index in [-0.39, 0.29) is 18.0 Å². The van der Waals surface area contributed by atoms with Gasteiger partial charge in [0.15, 0.2) is 5.96 Å². The highest BCUT2D eigenvalue weighted by molar-refractivity contribution is 6.32. The van der Waals surface area contributed by atoms with Gasteiger partial charge in [0.05, 0.1) is 5.02 Å². The predicted molar refractivity (Wildman–Crippen MR) is 107 cm³/mol. The lowest BCUT2D eigenvalue weighted by molar-refractivity contribution is -0.121. The summed E-state index contributed by atoms with van der Waals surface area (Å²) in [5, 5.41) is 10.2. The number of nitrogens with one attached hydrogen (secondary N) is 3. The van der Waals surface area contributed by atoms with Crippen molar-refractivity contribution in [1.29, 1.82) is 0 Å². The van der Waals surface area contributed by atoms with Crippen molar-refractivity contribution in [2.75, 3.05) is 31.6 Å². The van der Waals surface area contributed by atoms with E-state index >= 15 is 0 Å². The summed E-state index contributed by atoms with van der Waals surface area (Å²) in [7, 11) is 1.73. The lowest BCUT2D eigenvalue weighted by atomic mass is 10.2. The second-order valence-corrected chi connectivity index (χ2v) is 6.92. The monoisotopic (exact) mass is 380 g/mol. The third-order valence-electron chi connectivity index (χ3n) is 4.46. The van der Waals surface area contributed by atoms with Gasteiger partial charge in [-0.3, -0.25) is 9.79 Å². The quantitative estimate of drug-likeness (QED) is 0.496. The van der Waals surface area contributed by atoms with Crippen molar-refractivity contribution in [3.8, 4) is 0 Å². The zero-order chi connectivity index (χ0) is 18.9. The van der Waals surface area contributed by atoms with Crippen LogP contribution in [0.4, 0.5) is 5.82 Å². The molecule has 0 radical (unpaired) electrons. The summed E-state index contributed by atoms with van der Waals surface area (Å²) < 4.78 is 0. The van der Waals surface area contributed by atoms with Crippen molar-refractivity contribution in [2.45, 2.75) is 45.2 Å². The van der Waals surface area contributed by atoms with Crippen LogP contribution >= 0.6 is 11.6 Å². The maximum Gasteiger partial charge on any atom is 0.221 e. The number of nitrogens with zero attached hydrogens (tertiary/aromatic N) is 3. The Balaban J connectivity index is 1.75. The Morgan fingerprint density at radius 2 is 2.35 bits per heavy atom. The van der Waals surface area contributed by atoms with Gasteiger partial charge in [-0.05, 0) is 31.9 Å². The third kappa shape index (κ3) is 6.05. The first kappa shape index (κ1) is 20.3. The number of rotatable bonds is 7. The second kappa shape index (κ2) is 10.2. The van der Waals surface area contributed by atoms with Crippen molar-refractivity contribution in [3.05, 3.63) is 23.4 Å². The summed E-state index contributed by atoms with van der Waals surface area (Å²) in [4.78, 5) is 22.6. The van der Waals surface area contributed by atoms with Gasteiger partial charge in [0.25, 0.3) is 0 Å². The number of anilines is 1. The number of aliphatic imine (C=N–C) groups is 1. The van der Waals surface area contributed by atoms with Crippen molar-refractivity contribution in [2.24, 2.45) is 4.99 Å². The van der Waals surface area contributed by atoms with Crippen LogP contribution in [-0.2, 0) is 4.79 Å². The smallest absolute Gasteiger partial charge is 0.221 e. The fourth-order valence-electron chi connectivity index (χ4n) is 2.81. The normalized spacial score (nSPS) is 18.5. The van der Waals surface area contributed by atoms with Gasteiger partial charge >= 0.3 is 0 Å². The maximum absolute atomic E-state index is 11.8. The van der Waals surface area contributed by atoms with Crippen LogP contribution in [0.5, 0.6) is 0 Å². The molecule has 1 aromatic rings. The Bertz CT molecular complexity index is 623. The van der Waals surface area contributed by atoms with Crippen LogP contribution in [0.3, 0.4) is 0 Å². The Labute approximate surface area is 160 Å². The minimum absolute atomic E-state index is 0.0548. The molecule has 0 spiro atoms. The van der Waals surface area contributed by atoms with Gasteiger partial charge in [-0.2, -0.15) is 0 Å². The minimum atomic E-state index is 0.0548. The van der Waals surface area contributed by atoms with Gasteiger partial charge in [0.2, 0.25) is 5.91 Å². The molecule has 8 heteroatoms. The maximum atomic E-state index is 11.8. The van der Waals surface area contributed by atoms with Crippen LogP contribution in [0.2, 0.25) is 5.02 Å². The van der Waals surface area contributed by atoms with Crippen molar-refractivity contribution in [1.82, 2.24) is 20.9 Å². The summed E-state index contributed by atoms with van der Waals surface area (Å²) in [6, 6.07) is 4.16. The molecule has 1 saturated heterocycles. The number of halogens is 1. The Kier molecular flexibility index (Phi) is 7.97. The summed E-state index contributed by atoms with van der Waals surface area (Å²) in [6.07, 6.45) is 4.08. The summed E-state index contributed by atoms with van der Waals surface area (Å²) in [5.74, 6) is 1.59. The molecule has 1 aliphatic heterocycles. The lowest BCUT2D eigenvalue weighted by Crippen LogP contribution is -2.45. The molecule has 2 rings (SSSR count). The van der Waals surface area contributed by atoms with Crippen LogP contribution in [0, 0.1) is 0 Å². The molecule has 1 aliphatic rings. The molecule has 1 amide bonds. The number of aromatic nitrogens is 1. The van der Waals surface area contributed by atoms with E-state index in [1.165, 1.54) is 0 Å². The molecule has 26 heavy (non-hydrogen) atoms. The average Bonchev–Trinajstić information content (AvgIpc) is 3.09. The molecule has 0 aliphatic carbocycles. The van der Waals surface area contributed by atoms with Crippen LogP contribution < -0.4 is 20.9 Å². The summed E-state index contributed by atoms with van der Waals surface area (Å²) in [5.41, 5.74) is 0. The molecule has 0 aromatic carbocycles. The van der Waals surface area contributed by atoms with E-state index in [2.05, 4.69) is 37.8 Å². The molecule has 7 nitrogen and oxygen atoms in total. The van der Waals surface area contributed by atoms with E-state index in [1.54, 1.807) is 13.2 Å². The van der Waals surface area contributed by atoms with E-state index in [1.807, 2.05) is 19.1 Å². The van der Waals surface area contributed by atoms with E-state index in [4.69, 9.17) is 11.6 Å². The standard InChI is InChI=1S/C18H29ClN6O/c1-4-13(2)23-16(26)7-10-22-18(20-3)24-14-8-11-25(12-14)17-15(19)6-5-9-21-17/h5-6,9,13-14H,4,7-8,10-12H2,1-3H3,(H,23,26)(H2,20,22,24). The van der Waals surface area contributed by atoms with Gasteiger partial charge in [-0.25, -0.2) is 4.98 Å².